The molecule has 1 unspecified atom stereocenters. The minimum atomic E-state index is -1.02. The first kappa shape index (κ1) is 12.8. The fourth-order valence-corrected chi connectivity index (χ4v) is 2.33. The Kier molecular flexibility index (Phi) is 3.81. The first-order valence-electron chi connectivity index (χ1n) is 6.10. The van der Waals surface area contributed by atoms with Gasteiger partial charge in [0.05, 0.1) is 11.6 Å². The Morgan fingerprint density at radius 3 is 2.61 bits per heavy atom. The van der Waals surface area contributed by atoms with Crippen molar-refractivity contribution < 1.29 is 14.3 Å². The van der Waals surface area contributed by atoms with E-state index in [1.54, 1.807) is 12.1 Å². The van der Waals surface area contributed by atoms with Crippen LogP contribution in [0, 0.1) is 5.82 Å². The smallest absolute Gasteiger partial charge is 0.312 e. The molecule has 0 amide bonds. The summed E-state index contributed by atoms with van der Waals surface area (Å²) < 4.78 is 14.0. The summed E-state index contributed by atoms with van der Waals surface area (Å²) in [6, 6.07) is 4.60. The van der Waals surface area contributed by atoms with Crippen LogP contribution in [0.4, 0.5) is 10.1 Å². The van der Waals surface area contributed by atoms with Crippen LogP contribution >= 0.6 is 0 Å². The number of aliphatic carboxylic acids is 1. The lowest BCUT2D eigenvalue weighted by molar-refractivity contribution is -0.138. The van der Waals surface area contributed by atoms with Crippen molar-refractivity contribution in [2.75, 3.05) is 24.5 Å². The minimum Gasteiger partial charge on any atom is -0.481 e. The minimum absolute atomic E-state index is 0.0299. The molecule has 1 aromatic carbocycles. The van der Waals surface area contributed by atoms with Crippen LogP contribution in [0.15, 0.2) is 18.2 Å². The second kappa shape index (κ2) is 5.35. The molecule has 0 saturated carbocycles. The number of carboxylic acid groups (broad SMARTS) is 1. The van der Waals surface area contributed by atoms with Crippen molar-refractivity contribution in [3.05, 3.63) is 29.6 Å². The molecule has 0 bridgehead atoms. The third-order valence-corrected chi connectivity index (χ3v) is 3.35. The van der Waals surface area contributed by atoms with Crippen molar-refractivity contribution in [3.8, 4) is 0 Å². The molecule has 5 heteroatoms. The average molecular weight is 252 g/mol. The van der Waals surface area contributed by atoms with Gasteiger partial charge in [-0.3, -0.25) is 4.79 Å². The van der Waals surface area contributed by atoms with Gasteiger partial charge < -0.3 is 15.7 Å². The molecule has 1 aliphatic rings. The SMILES string of the molecule is NCC(C(=O)O)c1ccc(N2CCCC2)c(F)c1. The molecular formula is C13H17FN2O2. The summed E-state index contributed by atoms with van der Waals surface area (Å²) in [5.41, 5.74) is 6.38. The van der Waals surface area contributed by atoms with Crippen molar-refractivity contribution in [3.63, 3.8) is 0 Å². The first-order valence-corrected chi connectivity index (χ1v) is 6.10. The van der Waals surface area contributed by atoms with Crippen molar-refractivity contribution in [2.45, 2.75) is 18.8 Å². The Hall–Kier alpha value is -1.62. The fourth-order valence-electron chi connectivity index (χ4n) is 2.33. The van der Waals surface area contributed by atoms with E-state index in [1.165, 1.54) is 6.07 Å². The number of anilines is 1. The van der Waals surface area contributed by atoms with Gasteiger partial charge in [0.15, 0.2) is 0 Å². The van der Waals surface area contributed by atoms with E-state index in [4.69, 9.17) is 10.8 Å². The summed E-state index contributed by atoms with van der Waals surface area (Å²) in [5.74, 6) is -2.23. The third-order valence-electron chi connectivity index (χ3n) is 3.35. The number of nitrogens with two attached hydrogens (primary N) is 1. The summed E-state index contributed by atoms with van der Waals surface area (Å²) in [5, 5.41) is 8.99. The second-order valence-electron chi connectivity index (χ2n) is 4.53. The van der Waals surface area contributed by atoms with Gasteiger partial charge in [-0.1, -0.05) is 6.07 Å². The molecule has 0 radical (unpaired) electrons. The molecule has 4 nitrogen and oxygen atoms in total. The van der Waals surface area contributed by atoms with Gasteiger partial charge in [-0.05, 0) is 30.5 Å². The van der Waals surface area contributed by atoms with Gasteiger partial charge in [0.25, 0.3) is 0 Å². The lowest BCUT2D eigenvalue weighted by Crippen LogP contribution is -2.22. The van der Waals surface area contributed by atoms with E-state index < -0.39 is 11.9 Å². The van der Waals surface area contributed by atoms with Crippen LogP contribution in [0.2, 0.25) is 0 Å². The standard InChI is InChI=1S/C13H17FN2O2/c14-11-7-9(10(8-15)13(17)18)3-4-12(11)16-5-1-2-6-16/h3-4,7,10H,1-2,5-6,8,15H2,(H,17,18). The molecule has 1 fully saturated rings. The Morgan fingerprint density at radius 2 is 2.11 bits per heavy atom. The molecule has 1 heterocycles. The van der Waals surface area contributed by atoms with Gasteiger partial charge in [-0.15, -0.1) is 0 Å². The largest absolute Gasteiger partial charge is 0.481 e. The highest BCUT2D eigenvalue weighted by molar-refractivity contribution is 5.76. The predicted molar refractivity (Wildman–Crippen MR) is 67.3 cm³/mol. The normalized spacial score (nSPS) is 16.9. The van der Waals surface area contributed by atoms with E-state index in [2.05, 4.69) is 0 Å². The molecule has 18 heavy (non-hydrogen) atoms. The Bertz CT molecular complexity index is 445. The zero-order chi connectivity index (χ0) is 13.1. The molecule has 1 atom stereocenters. The van der Waals surface area contributed by atoms with Gasteiger partial charge in [0.2, 0.25) is 0 Å². The van der Waals surface area contributed by atoms with Gasteiger partial charge in [-0.25, -0.2) is 4.39 Å². The zero-order valence-corrected chi connectivity index (χ0v) is 10.1. The van der Waals surface area contributed by atoms with Crippen LogP contribution in [0.3, 0.4) is 0 Å². The number of benzene rings is 1. The summed E-state index contributed by atoms with van der Waals surface area (Å²) in [6.07, 6.45) is 2.14. The molecule has 1 aliphatic heterocycles. The highest BCUT2D eigenvalue weighted by atomic mass is 19.1. The lowest BCUT2D eigenvalue weighted by Gasteiger charge is -2.19. The Balaban J connectivity index is 2.26. The number of rotatable bonds is 4. The number of hydrogen-bond donors (Lipinski definition) is 2. The molecule has 0 spiro atoms. The quantitative estimate of drug-likeness (QED) is 0.853. The predicted octanol–water partition coefficient (Wildman–Crippen LogP) is 1.55. The van der Waals surface area contributed by atoms with E-state index >= 15 is 0 Å². The van der Waals surface area contributed by atoms with E-state index in [0.29, 0.717) is 11.3 Å². The van der Waals surface area contributed by atoms with Crippen LogP contribution < -0.4 is 10.6 Å². The highest BCUT2D eigenvalue weighted by Crippen LogP contribution is 2.26. The van der Waals surface area contributed by atoms with Crippen LogP contribution in [-0.2, 0) is 4.79 Å². The summed E-state index contributed by atoms with van der Waals surface area (Å²) in [7, 11) is 0. The van der Waals surface area contributed by atoms with Crippen LogP contribution in [0.5, 0.6) is 0 Å². The molecule has 1 saturated heterocycles. The second-order valence-corrected chi connectivity index (χ2v) is 4.53. The van der Waals surface area contributed by atoms with Crippen LogP contribution in [-0.4, -0.2) is 30.7 Å². The maximum absolute atomic E-state index is 14.0. The first-order chi connectivity index (χ1) is 8.63. The number of halogens is 1. The van der Waals surface area contributed by atoms with Crippen LogP contribution in [0.1, 0.15) is 24.3 Å². The van der Waals surface area contributed by atoms with Gasteiger partial charge >= 0.3 is 5.97 Å². The summed E-state index contributed by atoms with van der Waals surface area (Å²) >= 11 is 0. The van der Waals surface area contributed by atoms with E-state index in [9.17, 15) is 9.18 Å². The zero-order valence-electron chi connectivity index (χ0n) is 10.1. The number of nitrogens with zero attached hydrogens (tertiary/aromatic N) is 1. The molecule has 0 aromatic heterocycles. The molecule has 98 valence electrons. The Labute approximate surface area is 105 Å². The Morgan fingerprint density at radius 1 is 1.44 bits per heavy atom. The number of hydrogen-bond acceptors (Lipinski definition) is 3. The van der Waals surface area contributed by atoms with Gasteiger partial charge in [0.1, 0.15) is 5.82 Å². The van der Waals surface area contributed by atoms with E-state index in [-0.39, 0.29) is 12.4 Å². The third kappa shape index (κ3) is 2.46. The lowest BCUT2D eigenvalue weighted by atomic mass is 9.99. The maximum atomic E-state index is 14.0. The molecule has 2 rings (SSSR count). The van der Waals surface area contributed by atoms with Gasteiger partial charge in [-0.2, -0.15) is 0 Å². The summed E-state index contributed by atoms with van der Waals surface area (Å²) in [6.45, 7) is 1.68. The molecule has 1 aromatic rings. The van der Waals surface area contributed by atoms with E-state index in [0.717, 1.165) is 25.9 Å². The monoisotopic (exact) mass is 252 g/mol. The summed E-state index contributed by atoms with van der Waals surface area (Å²) in [4.78, 5) is 13.0. The maximum Gasteiger partial charge on any atom is 0.312 e. The molecule has 0 aliphatic carbocycles. The van der Waals surface area contributed by atoms with Gasteiger partial charge in [0, 0.05) is 19.6 Å². The number of carbonyl (C=O) groups is 1. The number of carboxylic acids is 1. The topological polar surface area (TPSA) is 66.6 Å². The highest BCUT2D eigenvalue weighted by Gasteiger charge is 2.21. The van der Waals surface area contributed by atoms with Crippen molar-refractivity contribution in [1.82, 2.24) is 0 Å². The van der Waals surface area contributed by atoms with Crippen molar-refractivity contribution >= 4 is 11.7 Å². The van der Waals surface area contributed by atoms with Crippen LogP contribution in [0.25, 0.3) is 0 Å². The average Bonchev–Trinajstić information content (AvgIpc) is 2.83. The van der Waals surface area contributed by atoms with Crippen molar-refractivity contribution in [1.29, 1.82) is 0 Å². The molecular weight excluding hydrogens is 235 g/mol. The fraction of sp³-hybridized carbons (Fsp3) is 0.462. The molecule has 3 N–H and O–H groups in total. The van der Waals surface area contributed by atoms with E-state index in [1.807, 2.05) is 4.90 Å². The van der Waals surface area contributed by atoms with Crippen molar-refractivity contribution in [2.24, 2.45) is 5.73 Å².